The van der Waals surface area contributed by atoms with Gasteiger partial charge in [0.05, 0.1) is 6.20 Å². The van der Waals surface area contributed by atoms with Crippen molar-refractivity contribution >= 4 is 21.8 Å². The van der Waals surface area contributed by atoms with Crippen LogP contribution in [0.25, 0.3) is 44.4 Å². The van der Waals surface area contributed by atoms with E-state index in [9.17, 15) is 0 Å². The molecule has 3 aromatic heterocycles. The Morgan fingerprint density at radius 2 is 1.53 bits per heavy atom. The molecule has 7 rings (SSSR count). The molecule has 0 spiro atoms. The Bertz CT molecular complexity index is 2230. The van der Waals surface area contributed by atoms with Gasteiger partial charge in [-0.05, 0) is 75.7 Å². The van der Waals surface area contributed by atoms with Crippen LogP contribution in [0.4, 0.5) is 0 Å². The normalized spacial score (nSPS) is 11.6. The van der Waals surface area contributed by atoms with Crippen LogP contribution >= 0.6 is 0 Å². The van der Waals surface area contributed by atoms with Crippen LogP contribution in [0, 0.1) is 25.0 Å². The molecule has 7 aromatic rings. The molecule has 0 aliphatic heterocycles. The first-order chi connectivity index (χ1) is 23.2. The molecule has 0 amide bonds. The quantitative estimate of drug-likeness (QED) is 0.136. The van der Waals surface area contributed by atoms with Gasteiger partial charge in [0.2, 0.25) is 0 Å². The molecule has 0 aliphatic rings. The van der Waals surface area contributed by atoms with E-state index in [0.29, 0.717) is 29.3 Å². The first-order valence-corrected chi connectivity index (χ1v) is 17.0. The van der Waals surface area contributed by atoms with Crippen molar-refractivity contribution in [1.29, 1.82) is 0 Å². The number of rotatable bonds is 9. The molecule has 0 radical (unpaired) electrons. The van der Waals surface area contributed by atoms with Gasteiger partial charge >= 0.3 is 21.1 Å². The van der Waals surface area contributed by atoms with Crippen molar-refractivity contribution in [3.8, 4) is 34.1 Å². The van der Waals surface area contributed by atoms with Gasteiger partial charge in [0.15, 0.2) is 0 Å². The van der Waals surface area contributed by atoms with Gasteiger partial charge in [-0.2, -0.15) is 16.7 Å². The number of ether oxygens (including phenoxy) is 1. The fourth-order valence-corrected chi connectivity index (χ4v) is 6.78. The molecule has 3 heterocycles. The summed E-state index contributed by atoms with van der Waals surface area (Å²) >= 11 is 0. The maximum absolute atomic E-state index is 6.50. The van der Waals surface area contributed by atoms with Gasteiger partial charge in [-0.15, -0.1) is 35.7 Å². The van der Waals surface area contributed by atoms with Crippen molar-refractivity contribution in [2.45, 2.75) is 66.7 Å². The SMILES string of the molecule is Cc1cc(Oc2[c-]c3c(cc2)c2ccccc2n3-c2cc(CC(C)C)ccn2)[c-]c(-n2cc(-c3c(C(C)C)cccc3C(C)C)cn2)c1.[Pt+2]. The van der Waals surface area contributed by atoms with E-state index in [1.165, 1.54) is 22.3 Å². The zero-order valence-corrected chi connectivity index (χ0v) is 31.5. The second kappa shape index (κ2) is 14.2. The van der Waals surface area contributed by atoms with Crippen LogP contribution < -0.4 is 4.74 Å². The van der Waals surface area contributed by atoms with Crippen LogP contribution in [0.15, 0.2) is 97.5 Å². The predicted molar refractivity (Wildman–Crippen MR) is 197 cm³/mol. The third kappa shape index (κ3) is 6.87. The number of hydrogen-bond donors (Lipinski definition) is 0. The summed E-state index contributed by atoms with van der Waals surface area (Å²) in [7, 11) is 0. The van der Waals surface area contributed by atoms with Crippen molar-refractivity contribution in [3.63, 3.8) is 0 Å². The second-order valence-corrected chi connectivity index (χ2v) is 13.9. The third-order valence-electron chi connectivity index (χ3n) is 8.93. The first kappa shape index (κ1) is 34.4. The molecule has 0 unspecified atom stereocenters. The molecule has 0 fully saturated rings. The summed E-state index contributed by atoms with van der Waals surface area (Å²) in [5, 5.41) is 7.06. The average molecular weight is 826 g/mol. The summed E-state index contributed by atoms with van der Waals surface area (Å²) in [6.07, 6.45) is 6.98. The Morgan fingerprint density at radius 1 is 0.776 bits per heavy atom. The number of nitrogens with zero attached hydrogens (tertiary/aromatic N) is 4. The van der Waals surface area contributed by atoms with E-state index in [0.717, 1.165) is 50.9 Å². The monoisotopic (exact) mass is 825 g/mol. The van der Waals surface area contributed by atoms with Gasteiger partial charge in [0.25, 0.3) is 0 Å². The van der Waals surface area contributed by atoms with Gasteiger partial charge in [0.1, 0.15) is 5.82 Å². The number of fused-ring (bicyclic) bond motifs is 3. The molecule has 5 nitrogen and oxygen atoms in total. The summed E-state index contributed by atoms with van der Waals surface area (Å²) in [5.41, 5.74) is 10.2. The summed E-state index contributed by atoms with van der Waals surface area (Å²) in [5.74, 6) is 3.47. The predicted octanol–water partition coefficient (Wildman–Crippen LogP) is 11.2. The van der Waals surface area contributed by atoms with Crippen molar-refractivity contribution in [1.82, 2.24) is 19.3 Å². The molecule has 6 heteroatoms. The standard InChI is InChI=1S/C43H42N4O.Pt/c1-27(2)19-31-17-18-44-42(22-31)47-40-14-9-8-11-38(40)39-16-15-34(24-41(39)47)48-35-21-30(7)20-33(23-35)46-26-32(25-45-46)43-36(28(3)4)12-10-13-37(43)29(5)6;/h8-18,20-22,25-29H,19H2,1-7H3;/q-2;+2. The van der Waals surface area contributed by atoms with E-state index in [2.05, 4.69) is 138 Å². The average Bonchev–Trinajstić information content (AvgIpc) is 3.67. The van der Waals surface area contributed by atoms with Gasteiger partial charge < -0.3 is 9.30 Å². The minimum atomic E-state index is 0. The molecular weight excluding hydrogens is 784 g/mol. The Labute approximate surface area is 304 Å². The third-order valence-corrected chi connectivity index (χ3v) is 8.93. The van der Waals surface area contributed by atoms with E-state index in [-0.39, 0.29) is 21.1 Å². The van der Waals surface area contributed by atoms with Crippen molar-refractivity contribution in [2.75, 3.05) is 0 Å². The molecule has 0 saturated carbocycles. The van der Waals surface area contributed by atoms with E-state index in [1.807, 2.05) is 29.2 Å². The van der Waals surface area contributed by atoms with Crippen LogP contribution in [0.1, 0.15) is 75.6 Å². The van der Waals surface area contributed by atoms with Crippen LogP contribution in [0.5, 0.6) is 11.5 Å². The summed E-state index contributed by atoms with van der Waals surface area (Å²) in [6, 6.07) is 34.6. The van der Waals surface area contributed by atoms with Crippen molar-refractivity contribution < 1.29 is 25.8 Å². The van der Waals surface area contributed by atoms with Crippen molar-refractivity contribution in [2.24, 2.45) is 5.92 Å². The molecule has 0 atom stereocenters. The molecular formula is C43H42N4OPt. The maximum Gasteiger partial charge on any atom is 2.00 e. The minimum absolute atomic E-state index is 0. The Balaban J connectivity index is 0.00000417. The van der Waals surface area contributed by atoms with E-state index in [4.69, 9.17) is 14.8 Å². The van der Waals surface area contributed by atoms with E-state index < -0.39 is 0 Å². The summed E-state index contributed by atoms with van der Waals surface area (Å²) in [4.78, 5) is 4.80. The van der Waals surface area contributed by atoms with Crippen LogP contribution in [-0.4, -0.2) is 19.3 Å². The number of hydrogen-bond acceptors (Lipinski definition) is 3. The van der Waals surface area contributed by atoms with Gasteiger partial charge in [-0.3, -0.25) is 4.68 Å². The molecule has 4 aromatic carbocycles. The van der Waals surface area contributed by atoms with Crippen LogP contribution in [0.2, 0.25) is 0 Å². The van der Waals surface area contributed by atoms with E-state index in [1.54, 1.807) is 0 Å². The van der Waals surface area contributed by atoms with Crippen LogP contribution in [0.3, 0.4) is 0 Å². The largest absolute Gasteiger partial charge is 2.00 e. The second-order valence-electron chi connectivity index (χ2n) is 13.9. The van der Waals surface area contributed by atoms with Gasteiger partial charge in [-0.25, -0.2) is 4.98 Å². The number of para-hydroxylation sites is 1. The molecule has 49 heavy (non-hydrogen) atoms. The molecule has 0 saturated heterocycles. The first-order valence-electron chi connectivity index (χ1n) is 17.0. The Kier molecular flexibility index (Phi) is 9.95. The fraction of sp³-hybridized carbons (Fsp3) is 0.256. The number of aromatic nitrogens is 4. The van der Waals surface area contributed by atoms with Crippen LogP contribution in [-0.2, 0) is 27.5 Å². The topological polar surface area (TPSA) is 44.9 Å². The smallest absolute Gasteiger partial charge is 0.509 e. The van der Waals surface area contributed by atoms with Gasteiger partial charge in [-0.1, -0.05) is 90.4 Å². The molecule has 0 aliphatic carbocycles. The molecule has 0 bridgehead atoms. The summed E-state index contributed by atoms with van der Waals surface area (Å²) < 4.78 is 10.6. The Hall–Kier alpha value is -4.47. The Morgan fingerprint density at radius 3 is 2.27 bits per heavy atom. The fourth-order valence-electron chi connectivity index (χ4n) is 6.78. The number of aryl methyl sites for hydroxylation is 1. The summed E-state index contributed by atoms with van der Waals surface area (Å²) in [6.45, 7) is 15.6. The zero-order valence-electron chi connectivity index (χ0n) is 29.2. The van der Waals surface area contributed by atoms with E-state index >= 15 is 0 Å². The number of benzene rings is 4. The zero-order chi connectivity index (χ0) is 33.5. The molecule has 0 N–H and O–H groups in total. The van der Waals surface area contributed by atoms with Gasteiger partial charge in [0, 0.05) is 35.0 Å². The maximum atomic E-state index is 6.50. The molecule has 250 valence electrons. The minimum Gasteiger partial charge on any atom is -0.509 e. The number of pyridine rings is 1. The van der Waals surface area contributed by atoms with Crippen molar-refractivity contribution in [3.05, 3.63) is 132 Å².